The molecule has 1 heterocycles. The number of aryl methyl sites for hydroxylation is 1. The highest BCUT2D eigenvalue weighted by atomic mass is 35.5. The summed E-state index contributed by atoms with van der Waals surface area (Å²) in [4.78, 5) is 27.3. The fraction of sp³-hybridized carbons (Fsp3) is 0.619. The zero-order valence-corrected chi connectivity index (χ0v) is 18.1. The van der Waals surface area contributed by atoms with E-state index in [-0.39, 0.29) is 23.9 Å². The minimum atomic E-state index is -0.200. The SMILES string of the molecule is CCc1ccc(Cl)c(CC)c1NC(=O)N1CC(C(=O)NCCOC)CCC1C. The maximum Gasteiger partial charge on any atom is 0.322 e. The first-order valence-corrected chi connectivity index (χ1v) is 10.4. The number of carbonyl (C=O) groups excluding carboxylic acids is 2. The molecule has 1 fully saturated rings. The molecule has 0 radical (unpaired) electrons. The largest absolute Gasteiger partial charge is 0.383 e. The molecule has 2 N–H and O–H groups in total. The van der Waals surface area contributed by atoms with Gasteiger partial charge in [0.05, 0.1) is 18.2 Å². The van der Waals surface area contributed by atoms with Gasteiger partial charge in [-0.1, -0.05) is 31.5 Å². The highest BCUT2D eigenvalue weighted by molar-refractivity contribution is 6.32. The van der Waals surface area contributed by atoms with Crippen molar-refractivity contribution in [3.05, 3.63) is 28.3 Å². The molecule has 2 unspecified atom stereocenters. The van der Waals surface area contributed by atoms with E-state index in [4.69, 9.17) is 16.3 Å². The van der Waals surface area contributed by atoms with E-state index in [0.29, 0.717) is 24.7 Å². The molecule has 2 rings (SSSR count). The minimum Gasteiger partial charge on any atom is -0.383 e. The van der Waals surface area contributed by atoms with E-state index in [9.17, 15) is 9.59 Å². The number of amides is 3. The zero-order valence-electron chi connectivity index (χ0n) is 17.3. The summed E-state index contributed by atoms with van der Waals surface area (Å²) in [5, 5.41) is 6.63. The second-order valence-electron chi connectivity index (χ2n) is 7.26. The van der Waals surface area contributed by atoms with Gasteiger partial charge in [-0.15, -0.1) is 0 Å². The van der Waals surface area contributed by atoms with Gasteiger partial charge in [-0.2, -0.15) is 0 Å². The van der Waals surface area contributed by atoms with Gasteiger partial charge in [0.1, 0.15) is 0 Å². The molecule has 1 aromatic carbocycles. The van der Waals surface area contributed by atoms with Crippen LogP contribution in [-0.4, -0.2) is 49.7 Å². The number of likely N-dealkylation sites (tertiary alicyclic amines) is 1. The number of rotatable bonds is 7. The fourth-order valence-corrected chi connectivity index (χ4v) is 3.96. The van der Waals surface area contributed by atoms with Crippen molar-refractivity contribution in [3.8, 4) is 0 Å². The van der Waals surface area contributed by atoms with Crippen molar-refractivity contribution in [1.29, 1.82) is 0 Å². The topological polar surface area (TPSA) is 70.7 Å². The Morgan fingerprint density at radius 2 is 2.00 bits per heavy atom. The van der Waals surface area contributed by atoms with Crippen LogP contribution in [0.5, 0.6) is 0 Å². The molecule has 1 aliphatic rings. The summed E-state index contributed by atoms with van der Waals surface area (Å²) in [6, 6.07) is 3.76. The number of anilines is 1. The molecule has 0 aromatic heterocycles. The van der Waals surface area contributed by atoms with Gasteiger partial charge >= 0.3 is 6.03 Å². The number of urea groups is 1. The van der Waals surface area contributed by atoms with Crippen LogP contribution in [0.3, 0.4) is 0 Å². The third-order valence-electron chi connectivity index (χ3n) is 5.43. The van der Waals surface area contributed by atoms with Crippen molar-refractivity contribution in [2.75, 3.05) is 32.1 Å². The Morgan fingerprint density at radius 1 is 1.25 bits per heavy atom. The average molecular weight is 410 g/mol. The monoisotopic (exact) mass is 409 g/mol. The van der Waals surface area contributed by atoms with Crippen molar-refractivity contribution in [2.45, 2.75) is 52.5 Å². The Labute approximate surface area is 172 Å². The maximum absolute atomic E-state index is 13.1. The number of hydrogen-bond donors (Lipinski definition) is 2. The quantitative estimate of drug-likeness (QED) is 0.672. The lowest BCUT2D eigenvalue weighted by Gasteiger charge is -2.37. The molecule has 28 heavy (non-hydrogen) atoms. The van der Waals surface area contributed by atoms with E-state index in [2.05, 4.69) is 17.6 Å². The Balaban J connectivity index is 2.12. The van der Waals surface area contributed by atoms with Crippen molar-refractivity contribution in [2.24, 2.45) is 5.92 Å². The molecule has 1 saturated heterocycles. The van der Waals surface area contributed by atoms with Crippen LogP contribution in [0.25, 0.3) is 0 Å². The maximum atomic E-state index is 13.1. The van der Waals surface area contributed by atoms with Gasteiger partial charge in [-0.05, 0) is 49.8 Å². The molecule has 0 saturated carbocycles. The van der Waals surface area contributed by atoms with E-state index < -0.39 is 0 Å². The van der Waals surface area contributed by atoms with Gasteiger partial charge in [-0.3, -0.25) is 4.79 Å². The summed E-state index contributed by atoms with van der Waals surface area (Å²) in [5.41, 5.74) is 2.82. The van der Waals surface area contributed by atoms with E-state index in [0.717, 1.165) is 42.5 Å². The predicted octanol–water partition coefficient (Wildman–Crippen LogP) is 3.86. The van der Waals surface area contributed by atoms with E-state index in [1.165, 1.54) is 0 Å². The number of methoxy groups -OCH3 is 1. The molecular formula is C21H32ClN3O3. The summed E-state index contributed by atoms with van der Waals surface area (Å²) < 4.78 is 4.98. The number of hydrogen-bond acceptors (Lipinski definition) is 3. The Morgan fingerprint density at radius 3 is 2.64 bits per heavy atom. The second kappa shape index (κ2) is 10.7. The smallest absolute Gasteiger partial charge is 0.322 e. The molecule has 3 amide bonds. The first-order valence-electron chi connectivity index (χ1n) is 10.1. The van der Waals surface area contributed by atoms with Gasteiger partial charge in [0.15, 0.2) is 0 Å². The van der Waals surface area contributed by atoms with Crippen molar-refractivity contribution in [3.63, 3.8) is 0 Å². The molecule has 0 bridgehead atoms. The van der Waals surface area contributed by atoms with Crippen LogP contribution in [0.15, 0.2) is 12.1 Å². The number of carbonyl (C=O) groups is 2. The van der Waals surface area contributed by atoms with Crippen LogP contribution in [0.4, 0.5) is 10.5 Å². The van der Waals surface area contributed by atoms with Crippen LogP contribution >= 0.6 is 11.6 Å². The summed E-state index contributed by atoms with van der Waals surface area (Å²) in [5.74, 6) is -0.220. The van der Waals surface area contributed by atoms with Crippen LogP contribution in [0.2, 0.25) is 5.02 Å². The molecule has 2 atom stereocenters. The predicted molar refractivity (Wildman–Crippen MR) is 113 cm³/mol. The highest BCUT2D eigenvalue weighted by Crippen LogP contribution is 2.31. The third-order valence-corrected chi connectivity index (χ3v) is 5.78. The Kier molecular flexibility index (Phi) is 8.58. The fourth-order valence-electron chi connectivity index (χ4n) is 3.67. The van der Waals surface area contributed by atoms with Gasteiger partial charge in [0, 0.05) is 31.3 Å². The lowest BCUT2D eigenvalue weighted by Crippen LogP contribution is -2.51. The van der Waals surface area contributed by atoms with Crippen molar-refractivity contribution in [1.82, 2.24) is 10.2 Å². The first kappa shape index (κ1) is 22.5. The van der Waals surface area contributed by atoms with Gasteiger partial charge in [0.25, 0.3) is 0 Å². The zero-order chi connectivity index (χ0) is 20.7. The summed E-state index contributed by atoms with van der Waals surface area (Å²) in [6.45, 7) is 7.49. The summed E-state index contributed by atoms with van der Waals surface area (Å²) in [6.07, 6.45) is 3.12. The molecule has 156 valence electrons. The molecule has 0 aliphatic carbocycles. The van der Waals surface area contributed by atoms with Crippen LogP contribution < -0.4 is 10.6 Å². The average Bonchev–Trinajstić information content (AvgIpc) is 2.68. The number of piperidine rings is 1. The number of benzene rings is 1. The third kappa shape index (κ3) is 5.39. The molecule has 1 aliphatic heterocycles. The van der Waals surface area contributed by atoms with Crippen LogP contribution in [0, 0.1) is 5.92 Å². The molecule has 1 aromatic rings. The van der Waals surface area contributed by atoms with E-state index in [1.807, 2.05) is 26.0 Å². The Bertz CT molecular complexity index is 696. The molecular weight excluding hydrogens is 378 g/mol. The van der Waals surface area contributed by atoms with E-state index >= 15 is 0 Å². The normalized spacial score (nSPS) is 19.4. The Hall–Kier alpha value is -1.79. The molecule has 0 spiro atoms. The number of nitrogens with one attached hydrogen (secondary N) is 2. The van der Waals surface area contributed by atoms with Crippen molar-refractivity contribution >= 4 is 29.2 Å². The van der Waals surface area contributed by atoms with Gasteiger partial charge < -0.3 is 20.3 Å². The van der Waals surface area contributed by atoms with Crippen LogP contribution in [0.1, 0.15) is 44.7 Å². The second-order valence-corrected chi connectivity index (χ2v) is 7.66. The lowest BCUT2D eigenvalue weighted by atomic mass is 9.93. The van der Waals surface area contributed by atoms with Crippen molar-refractivity contribution < 1.29 is 14.3 Å². The molecule has 6 nitrogen and oxygen atoms in total. The van der Waals surface area contributed by atoms with Gasteiger partial charge in [0.2, 0.25) is 5.91 Å². The van der Waals surface area contributed by atoms with E-state index in [1.54, 1.807) is 12.0 Å². The standard InChI is InChI=1S/C21H32ClN3O3/c1-5-15-9-10-18(22)17(6-2)19(15)24-21(27)25-13-16(8-7-14(25)3)20(26)23-11-12-28-4/h9-10,14,16H,5-8,11-13H2,1-4H3,(H,23,26)(H,24,27). The number of halogens is 1. The summed E-state index contributed by atoms with van der Waals surface area (Å²) >= 11 is 6.35. The summed E-state index contributed by atoms with van der Waals surface area (Å²) in [7, 11) is 1.60. The lowest BCUT2D eigenvalue weighted by molar-refractivity contribution is -0.126. The first-order chi connectivity index (χ1) is 13.4. The van der Waals surface area contributed by atoms with Gasteiger partial charge in [-0.25, -0.2) is 4.79 Å². The highest BCUT2D eigenvalue weighted by Gasteiger charge is 2.33. The number of ether oxygens (including phenoxy) is 1. The minimum absolute atomic E-state index is 0.0204. The number of nitrogens with zero attached hydrogens (tertiary/aromatic N) is 1. The van der Waals surface area contributed by atoms with Crippen LogP contribution in [-0.2, 0) is 22.4 Å². The molecule has 7 heteroatoms.